The molecule has 1 aromatic rings. The molecular weight excluding hydrogens is 202 g/mol. The van der Waals surface area contributed by atoms with Crippen LogP contribution in [0.15, 0.2) is 4.52 Å². The van der Waals surface area contributed by atoms with Crippen LogP contribution in [0.1, 0.15) is 63.6 Å². The van der Waals surface area contributed by atoms with Gasteiger partial charge in [0.25, 0.3) is 0 Å². The quantitative estimate of drug-likeness (QED) is 0.779. The summed E-state index contributed by atoms with van der Waals surface area (Å²) in [5, 5.41) is 4.04. The first-order valence-electron chi connectivity index (χ1n) is 6.36. The molecule has 2 rings (SSSR count). The van der Waals surface area contributed by atoms with E-state index in [1.54, 1.807) is 0 Å². The van der Waals surface area contributed by atoms with Crippen LogP contribution in [-0.4, -0.2) is 10.1 Å². The second kappa shape index (κ2) is 4.95. The molecule has 90 valence electrons. The van der Waals surface area contributed by atoms with Gasteiger partial charge in [-0.1, -0.05) is 37.8 Å². The molecule has 0 aromatic carbocycles. The molecule has 1 saturated carbocycles. The van der Waals surface area contributed by atoms with E-state index in [2.05, 4.69) is 17.1 Å². The Kier molecular flexibility index (Phi) is 3.59. The minimum atomic E-state index is -0.313. The third-order valence-electron chi connectivity index (χ3n) is 3.40. The van der Waals surface area contributed by atoms with Crippen molar-refractivity contribution in [2.24, 2.45) is 5.73 Å². The zero-order valence-corrected chi connectivity index (χ0v) is 10.0. The maximum absolute atomic E-state index is 6.26. The van der Waals surface area contributed by atoms with Crippen molar-refractivity contribution in [1.82, 2.24) is 10.1 Å². The maximum atomic E-state index is 6.26. The van der Waals surface area contributed by atoms with E-state index in [1.807, 2.05) is 0 Å². The molecule has 4 nitrogen and oxygen atoms in total. The fourth-order valence-electron chi connectivity index (χ4n) is 2.31. The number of hydrogen-bond acceptors (Lipinski definition) is 4. The maximum Gasteiger partial charge on any atom is 0.226 e. The van der Waals surface area contributed by atoms with Crippen molar-refractivity contribution in [3.05, 3.63) is 11.7 Å². The summed E-state index contributed by atoms with van der Waals surface area (Å²) in [5.74, 6) is 1.47. The van der Waals surface area contributed by atoms with Crippen LogP contribution in [-0.2, 0) is 12.0 Å². The number of nitrogens with zero attached hydrogens (tertiary/aromatic N) is 2. The molecule has 2 N–H and O–H groups in total. The van der Waals surface area contributed by atoms with Crippen molar-refractivity contribution in [3.8, 4) is 0 Å². The summed E-state index contributed by atoms with van der Waals surface area (Å²) in [7, 11) is 0. The average Bonchev–Trinajstić information content (AvgIpc) is 2.88. The van der Waals surface area contributed by atoms with E-state index in [0.29, 0.717) is 0 Å². The van der Waals surface area contributed by atoms with Gasteiger partial charge in [-0.2, -0.15) is 4.98 Å². The Balaban J connectivity index is 1.96. The van der Waals surface area contributed by atoms with Gasteiger partial charge in [0, 0.05) is 6.42 Å². The number of aromatic nitrogens is 2. The summed E-state index contributed by atoms with van der Waals surface area (Å²) in [4.78, 5) is 4.43. The van der Waals surface area contributed by atoms with Crippen LogP contribution in [0.5, 0.6) is 0 Å². The molecule has 0 unspecified atom stereocenters. The van der Waals surface area contributed by atoms with Gasteiger partial charge in [-0.25, -0.2) is 0 Å². The molecule has 0 aliphatic heterocycles. The lowest BCUT2D eigenvalue weighted by Gasteiger charge is -2.17. The highest BCUT2D eigenvalue weighted by Crippen LogP contribution is 2.34. The van der Waals surface area contributed by atoms with Crippen molar-refractivity contribution < 1.29 is 4.52 Å². The van der Waals surface area contributed by atoms with Crippen LogP contribution in [0.2, 0.25) is 0 Å². The first-order chi connectivity index (χ1) is 7.74. The highest BCUT2D eigenvalue weighted by Gasteiger charge is 2.35. The van der Waals surface area contributed by atoms with Gasteiger partial charge >= 0.3 is 0 Å². The SMILES string of the molecule is CCCCCc1nc(C2(N)CCCC2)no1. The summed E-state index contributed by atoms with van der Waals surface area (Å²) >= 11 is 0. The molecule has 0 saturated heterocycles. The second-order valence-electron chi connectivity index (χ2n) is 4.83. The molecule has 4 heteroatoms. The summed E-state index contributed by atoms with van der Waals surface area (Å²) in [6, 6.07) is 0. The van der Waals surface area contributed by atoms with Crippen LogP contribution >= 0.6 is 0 Å². The minimum Gasteiger partial charge on any atom is -0.339 e. The van der Waals surface area contributed by atoms with Crippen molar-refractivity contribution in [2.75, 3.05) is 0 Å². The molecular formula is C12H21N3O. The molecule has 0 atom stereocenters. The predicted octanol–water partition coefficient (Wildman–Crippen LogP) is 2.53. The van der Waals surface area contributed by atoms with Crippen LogP contribution in [0, 0.1) is 0 Å². The van der Waals surface area contributed by atoms with Gasteiger partial charge in [0.1, 0.15) is 0 Å². The van der Waals surface area contributed by atoms with Crippen LogP contribution in [0.4, 0.5) is 0 Å². The third-order valence-corrected chi connectivity index (χ3v) is 3.40. The highest BCUT2D eigenvalue weighted by molar-refractivity contribution is 5.06. The van der Waals surface area contributed by atoms with Gasteiger partial charge in [0.2, 0.25) is 5.89 Å². The molecule has 1 fully saturated rings. The first-order valence-corrected chi connectivity index (χ1v) is 6.36. The highest BCUT2D eigenvalue weighted by atomic mass is 16.5. The Labute approximate surface area is 96.6 Å². The zero-order chi connectivity index (χ0) is 11.4. The fraction of sp³-hybridized carbons (Fsp3) is 0.833. The van der Waals surface area contributed by atoms with Crippen LogP contribution in [0.25, 0.3) is 0 Å². The van der Waals surface area contributed by atoms with E-state index in [1.165, 1.54) is 25.7 Å². The second-order valence-corrected chi connectivity index (χ2v) is 4.83. The zero-order valence-electron chi connectivity index (χ0n) is 10.0. The Morgan fingerprint density at radius 3 is 2.75 bits per heavy atom. The summed E-state index contributed by atoms with van der Waals surface area (Å²) in [6.45, 7) is 2.19. The molecule has 0 spiro atoms. The van der Waals surface area contributed by atoms with Gasteiger partial charge in [0.15, 0.2) is 5.82 Å². The number of hydrogen-bond donors (Lipinski definition) is 1. The van der Waals surface area contributed by atoms with E-state index in [9.17, 15) is 0 Å². The topological polar surface area (TPSA) is 64.9 Å². The molecule has 1 aliphatic rings. The lowest BCUT2D eigenvalue weighted by atomic mass is 9.99. The number of unbranched alkanes of at least 4 members (excludes halogenated alkanes) is 2. The Morgan fingerprint density at radius 2 is 2.06 bits per heavy atom. The lowest BCUT2D eigenvalue weighted by molar-refractivity contribution is 0.346. The third kappa shape index (κ3) is 2.43. The monoisotopic (exact) mass is 223 g/mol. The summed E-state index contributed by atoms with van der Waals surface area (Å²) < 4.78 is 5.25. The van der Waals surface area contributed by atoms with Crippen molar-refractivity contribution in [2.45, 2.75) is 63.8 Å². The largest absolute Gasteiger partial charge is 0.339 e. The molecule has 1 aromatic heterocycles. The Bertz CT molecular complexity index is 329. The Hall–Kier alpha value is -0.900. The van der Waals surface area contributed by atoms with Gasteiger partial charge in [0.05, 0.1) is 5.54 Å². The van der Waals surface area contributed by atoms with E-state index in [4.69, 9.17) is 10.3 Å². The fourth-order valence-corrected chi connectivity index (χ4v) is 2.31. The molecule has 1 heterocycles. The van der Waals surface area contributed by atoms with Crippen molar-refractivity contribution in [3.63, 3.8) is 0 Å². The smallest absolute Gasteiger partial charge is 0.226 e. The Morgan fingerprint density at radius 1 is 1.31 bits per heavy atom. The minimum absolute atomic E-state index is 0.313. The summed E-state index contributed by atoms with van der Waals surface area (Å²) in [5.41, 5.74) is 5.95. The van der Waals surface area contributed by atoms with E-state index in [-0.39, 0.29) is 5.54 Å². The average molecular weight is 223 g/mol. The van der Waals surface area contributed by atoms with Crippen LogP contribution < -0.4 is 5.73 Å². The summed E-state index contributed by atoms with van der Waals surface area (Å²) in [6.07, 6.45) is 8.76. The van der Waals surface area contributed by atoms with Gasteiger partial charge in [-0.05, 0) is 19.3 Å². The number of rotatable bonds is 5. The van der Waals surface area contributed by atoms with Crippen molar-refractivity contribution >= 4 is 0 Å². The molecule has 0 radical (unpaired) electrons. The van der Waals surface area contributed by atoms with E-state index < -0.39 is 0 Å². The number of aryl methyl sites for hydroxylation is 1. The molecule has 0 bridgehead atoms. The normalized spacial score (nSPS) is 19.1. The van der Waals surface area contributed by atoms with Crippen molar-refractivity contribution in [1.29, 1.82) is 0 Å². The van der Waals surface area contributed by atoms with Gasteiger partial charge < -0.3 is 10.3 Å². The molecule has 0 amide bonds. The van der Waals surface area contributed by atoms with E-state index >= 15 is 0 Å². The number of nitrogens with two attached hydrogens (primary N) is 1. The lowest BCUT2D eigenvalue weighted by Crippen LogP contribution is -2.34. The van der Waals surface area contributed by atoms with Crippen LogP contribution in [0.3, 0.4) is 0 Å². The molecule has 1 aliphatic carbocycles. The van der Waals surface area contributed by atoms with Gasteiger partial charge in [-0.15, -0.1) is 0 Å². The molecule has 16 heavy (non-hydrogen) atoms. The predicted molar refractivity (Wildman–Crippen MR) is 61.9 cm³/mol. The van der Waals surface area contributed by atoms with E-state index in [0.717, 1.165) is 37.4 Å². The van der Waals surface area contributed by atoms with Gasteiger partial charge in [-0.3, -0.25) is 0 Å². The first kappa shape index (κ1) is 11.6. The standard InChI is InChI=1S/C12H21N3O/c1-2-3-4-7-10-14-11(15-16-10)12(13)8-5-6-9-12/h2-9,13H2,1H3.